The monoisotopic (exact) mass is 166 g/mol. The van der Waals surface area contributed by atoms with Crippen LogP contribution >= 0.6 is 23.2 Å². The van der Waals surface area contributed by atoms with E-state index < -0.39 is 0 Å². The molecule has 9 heavy (non-hydrogen) atoms. The van der Waals surface area contributed by atoms with Gasteiger partial charge < -0.3 is 0 Å². The van der Waals surface area contributed by atoms with Crippen molar-refractivity contribution in [1.82, 2.24) is 0 Å². The molecule has 1 fully saturated rings. The molecule has 1 saturated carbocycles. The maximum absolute atomic E-state index is 10.8. The first kappa shape index (κ1) is 7.36. The fourth-order valence-corrected chi connectivity index (χ4v) is 1.43. The quantitative estimate of drug-likeness (QED) is 0.504. The molecule has 0 aromatic heterocycles. The second kappa shape index (κ2) is 2.89. The predicted octanol–water partition coefficient (Wildman–Crippen LogP) is 1.95. The van der Waals surface area contributed by atoms with E-state index in [1.165, 1.54) is 0 Å². The van der Waals surface area contributed by atoms with E-state index in [9.17, 15) is 4.79 Å². The van der Waals surface area contributed by atoms with Crippen LogP contribution in [0.4, 0.5) is 0 Å². The lowest BCUT2D eigenvalue weighted by molar-refractivity contribution is -0.119. The first-order chi connectivity index (χ1) is 4.20. The Balaban J connectivity index is 2.44. The Labute approximate surface area is 64.3 Å². The van der Waals surface area contributed by atoms with Gasteiger partial charge in [-0.2, -0.15) is 0 Å². The van der Waals surface area contributed by atoms with Crippen molar-refractivity contribution in [1.29, 1.82) is 0 Å². The molecule has 1 rings (SSSR count). The highest BCUT2D eigenvalue weighted by molar-refractivity contribution is 6.32. The van der Waals surface area contributed by atoms with Gasteiger partial charge in [-0.3, -0.25) is 4.79 Å². The Hall–Kier alpha value is 0.250. The molecule has 0 N–H and O–H groups in total. The largest absolute Gasteiger partial charge is 0.298 e. The van der Waals surface area contributed by atoms with Crippen molar-refractivity contribution < 1.29 is 4.79 Å². The van der Waals surface area contributed by atoms with E-state index in [4.69, 9.17) is 23.2 Å². The number of rotatable bonds is 0. The molecule has 0 aromatic rings. The van der Waals surface area contributed by atoms with Gasteiger partial charge in [-0.15, -0.1) is 23.2 Å². The summed E-state index contributed by atoms with van der Waals surface area (Å²) < 4.78 is 0. The van der Waals surface area contributed by atoms with Gasteiger partial charge >= 0.3 is 0 Å². The van der Waals surface area contributed by atoms with Gasteiger partial charge in [-0.1, -0.05) is 0 Å². The molecule has 1 aliphatic carbocycles. The molecule has 0 saturated heterocycles. The molecular formula is C6H8Cl2O. The minimum atomic E-state index is -0.264. The minimum absolute atomic E-state index is 0.0347. The van der Waals surface area contributed by atoms with Gasteiger partial charge in [0.2, 0.25) is 0 Å². The van der Waals surface area contributed by atoms with Crippen molar-refractivity contribution in [3.05, 3.63) is 0 Å². The number of halogens is 2. The maximum atomic E-state index is 10.8. The lowest BCUT2D eigenvalue weighted by atomic mass is 9.98. The van der Waals surface area contributed by atoms with Crippen LogP contribution in [0.2, 0.25) is 0 Å². The molecule has 0 spiro atoms. The van der Waals surface area contributed by atoms with Gasteiger partial charge in [0.05, 0.1) is 5.38 Å². The van der Waals surface area contributed by atoms with Crippen molar-refractivity contribution in [3.63, 3.8) is 0 Å². The molecule has 0 heterocycles. The van der Waals surface area contributed by atoms with Crippen LogP contribution in [0.1, 0.15) is 19.3 Å². The molecule has 0 amide bonds. The number of alkyl halides is 2. The third kappa shape index (κ3) is 1.84. The molecule has 1 nitrogen and oxygen atoms in total. The third-order valence-corrected chi connectivity index (χ3v) is 2.34. The summed E-state index contributed by atoms with van der Waals surface area (Å²) in [4.78, 5) is 10.8. The topological polar surface area (TPSA) is 17.1 Å². The van der Waals surface area contributed by atoms with E-state index >= 15 is 0 Å². The zero-order valence-electron chi connectivity index (χ0n) is 4.94. The van der Waals surface area contributed by atoms with Gasteiger partial charge in [0.15, 0.2) is 5.78 Å². The van der Waals surface area contributed by atoms with Crippen LogP contribution in [-0.4, -0.2) is 16.5 Å². The van der Waals surface area contributed by atoms with Gasteiger partial charge in [0, 0.05) is 11.8 Å². The normalized spacial score (nSPS) is 36.9. The molecule has 3 heteroatoms. The van der Waals surface area contributed by atoms with Crippen LogP contribution in [0.5, 0.6) is 0 Å². The van der Waals surface area contributed by atoms with Gasteiger partial charge in [0.1, 0.15) is 0 Å². The Bertz CT molecular complexity index is 124. The summed E-state index contributed by atoms with van der Waals surface area (Å²) >= 11 is 11.3. The standard InChI is InChI=1S/C6H8Cl2O/c7-4-1-2-5(8)6(9)3-4/h4-5H,1-3H2/t4-,5-/m0/s1. The Morgan fingerprint density at radius 3 is 2.44 bits per heavy atom. The van der Waals surface area contributed by atoms with Crippen LogP contribution < -0.4 is 0 Å². The smallest absolute Gasteiger partial charge is 0.152 e. The van der Waals surface area contributed by atoms with Crippen molar-refractivity contribution in [3.8, 4) is 0 Å². The van der Waals surface area contributed by atoms with Crippen LogP contribution in [0.25, 0.3) is 0 Å². The third-order valence-electron chi connectivity index (χ3n) is 1.51. The van der Waals surface area contributed by atoms with E-state index in [2.05, 4.69) is 0 Å². The molecule has 0 aliphatic heterocycles. The lowest BCUT2D eigenvalue weighted by Gasteiger charge is -2.18. The first-order valence-corrected chi connectivity index (χ1v) is 3.88. The Morgan fingerprint density at radius 1 is 1.33 bits per heavy atom. The van der Waals surface area contributed by atoms with E-state index in [-0.39, 0.29) is 16.5 Å². The summed E-state index contributed by atoms with van der Waals surface area (Å²) in [5.41, 5.74) is 0. The molecule has 0 radical (unpaired) electrons. The maximum Gasteiger partial charge on any atom is 0.152 e. The molecule has 0 bridgehead atoms. The summed E-state index contributed by atoms with van der Waals surface area (Å²) in [5, 5.41) is -0.229. The zero-order valence-corrected chi connectivity index (χ0v) is 6.45. The minimum Gasteiger partial charge on any atom is -0.298 e. The number of carbonyl (C=O) groups is 1. The summed E-state index contributed by atoms with van der Waals surface area (Å²) in [7, 11) is 0. The number of hydrogen-bond acceptors (Lipinski definition) is 1. The van der Waals surface area contributed by atoms with E-state index in [1.807, 2.05) is 0 Å². The van der Waals surface area contributed by atoms with Crippen LogP contribution in [0.15, 0.2) is 0 Å². The SMILES string of the molecule is O=C1C[C@@H](Cl)CC[C@@H]1Cl. The second-order valence-electron chi connectivity index (χ2n) is 2.31. The summed E-state index contributed by atoms with van der Waals surface area (Å²) in [5.74, 6) is 0.0999. The second-order valence-corrected chi connectivity index (χ2v) is 3.46. The first-order valence-electron chi connectivity index (χ1n) is 3.01. The Morgan fingerprint density at radius 2 is 2.00 bits per heavy atom. The van der Waals surface area contributed by atoms with Crippen LogP contribution in [-0.2, 0) is 4.79 Å². The van der Waals surface area contributed by atoms with E-state index in [1.54, 1.807) is 0 Å². The fourth-order valence-electron chi connectivity index (χ4n) is 0.936. The van der Waals surface area contributed by atoms with Crippen LogP contribution in [0, 0.1) is 0 Å². The van der Waals surface area contributed by atoms with Crippen molar-refractivity contribution in [2.75, 3.05) is 0 Å². The summed E-state index contributed by atoms with van der Waals surface area (Å²) in [6, 6.07) is 0. The highest BCUT2D eigenvalue weighted by atomic mass is 35.5. The van der Waals surface area contributed by atoms with E-state index in [0.717, 1.165) is 12.8 Å². The number of hydrogen-bond donors (Lipinski definition) is 0. The lowest BCUT2D eigenvalue weighted by Crippen LogP contribution is -2.25. The van der Waals surface area contributed by atoms with Crippen LogP contribution in [0.3, 0.4) is 0 Å². The fraction of sp³-hybridized carbons (Fsp3) is 0.833. The van der Waals surface area contributed by atoms with Gasteiger partial charge in [-0.25, -0.2) is 0 Å². The highest BCUT2D eigenvalue weighted by Gasteiger charge is 2.24. The predicted molar refractivity (Wildman–Crippen MR) is 38.1 cm³/mol. The molecule has 2 atom stereocenters. The number of ketones is 1. The molecular weight excluding hydrogens is 159 g/mol. The van der Waals surface area contributed by atoms with E-state index in [0.29, 0.717) is 6.42 Å². The number of Topliss-reactive ketones (excluding diaryl/α,β-unsaturated/α-hetero) is 1. The van der Waals surface area contributed by atoms with Gasteiger partial charge in [-0.05, 0) is 12.8 Å². The van der Waals surface area contributed by atoms with Crippen molar-refractivity contribution >= 4 is 29.0 Å². The zero-order chi connectivity index (χ0) is 6.85. The summed E-state index contributed by atoms with van der Waals surface area (Å²) in [6.45, 7) is 0. The van der Waals surface area contributed by atoms with Crippen molar-refractivity contribution in [2.24, 2.45) is 0 Å². The average molecular weight is 167 g/mol. The summed E-state index contributed by atoms with van der Waals surface area (Å²) in [6.07, 6.45) is 2.08. The molecule has 0 unspecified atom stereocenters. The molecule has 0 aromatic carbocycles. The molecule has 52 valence electrons. The highest BCUT2D eigenvalue weighted by Crippen LogP contribution is 2.23. The van der Waals surface area contributed by atoms with Gasteiger partial charge in [0.25, 0.3) is 0 Å². The Kier molecular flexibility index (Phi) is 2.36. The molecule has 1 aliphatic rings. The average Bonchev–Trinajstić information content (AvgIpc) is 1.80. The number of carbonyl (C=O) groups excluding carboxylic acids is 1. The van der Waals surface area contributed by atoms with Crippen molar-refractivity contribution in [2.45, 2.75) is 30.0 Å².